The molecule has 2 aliphatic heterocycles. The Labute approximate surface area is 194 Å². The molecule has 0 radical (unpaired) electrons. The van der Waals surface area contributed by atoms with E-state index in [-0.39, 0.29) is 5.82 Å². The molecule has 4 nitrogen and oxygen atoms in total. The molecular formula is C26H31FN4S. The van der Waals surface area contributed by atoms with E-state index in [4.69, 9.17) is 0 Å². The van der Waals surface area contributed by atoms with Crippen molar-refractivity contribution >= 4 is 17.6 Å². The van der Waals surface area contributed by atoms with Crippen LogP contribution in [0.3, 0.4) is 0 Å². The lowest BCUT2D eigenvalue weighted by Crippen LogP contribution is -2.33. The Bertz CT molecular complexity index is 1000. The van der Waals surface area contributed by atoms with Gasteiger partial charge in [0.2, 0.25) is 0 Å². The van der Waals surface area contributed by atoms with Crippen LogP contribution < -0.4 is 4.90 Å². The molecule has 0 aliphatic carbocycles. The first-order valence-electron chi connectivity index (χ1n) is 11.7. The highest BCUT2D eigenvalue weighted by Crippen LogP contribution is 2.43. The van der Waals surface area contributed by atoms with Crippen LogP contribution in [0.4, 0.5) is 10.1 Å². The molecule has 1 unspecified atom stereocenters. The molecule has 168 valence electrons. The van der Waals surface area contributed by atoms with Gasteiger partial charge in [-0.3, -0.25) is 5.10 Å². The van der Waals surface area contributed by atoms with Crippen molar-refractivity contribution in [1.29, 1.82) is 0 Å². The second-order valence-corrected chi connectivity index (χ2v) is 10.3. The Balaban J connectivity index is 1.22. The highest BCUT2D eigenvalue weighted by molar-refractivity contribution is 7.97. The van der Waals surface area contributed by atoms with Crippen molar-refractivity contribution in [3.05, 3.63) is 83.4 Å². The van der Waals surface area contributed by atoms with Gasteiger partial charge in [-0.05, 0) is 61.8 Å². The first kappa shape index (κ1) is 21.5. The van der Waals surface area contributed by atoms with Gasteiger partial charge in [0.25, 0.3) is 0 Å². The molecule has 2 aliphatic rings. The normalized spacial score (nSPS) is 22.9. The summed E-state index contributed by atoms with van der Waals surface area (Å²) in [6, 6.07) is 17.0. The molecule has 3 heterocycles. The van der Waals surface area contributed by atoms with Gasteiger partial charge in [0, 0.05) is 48.4 Å². The van der Waals surface area contributed by atoms with Gasteiger partial charge in [0.1, 0.15) is 5.82 Å². The van der Waals surface area contributed by atoms with E-state index in [0.29, 0.717) is 23.8 Å². The molecule has 5 rings (SSSR count). The quantitative estimate of drug-likeness (QED) is 0.462. The van der Waals surface area contributed by atoms with Crippen LogP contribution in [0.15, 0.2) is 60.9 Å². The highest BCUT2D eigenvalue weighted by Gasteiger charge is 2.28. The van der Waals surface area contributed by atoms with E-state index in [9.17, 15) is 0 Å². The smallest absolute Gasteiger partial charge is 0.129 e. The van der Waals surface area contributed by atoms with Crippen LogP contribution >= 0.6 is 11.9 Å². The van der Waals surface area contributed by atoms with Crippen LogP contribution in [-0.4, -0.2) is 33.6 Å². The fourth-order valence-electron chi connectivity index (χ4n) is 4.93. The summed E-state index contributed by atoms with van der Waals surface area (Å²) in [5.41, 5.74) is 4.44. The van der Waals surface area contributed by atoms with E-state index in [0.717, 1.165) is 43.6 Å². The summed E-state index contributed by atoms with van der Waals surface area (Å²) in [4.78, 5) is 2.31. The summed E-state index contributed by atoms with van der Waals surface area (Å²) in [5, 5.41) is 7.44. The van der Waals surface area contributed by atoms with E-state index in [1.165, 1.54) is 17.5 Å². The minimum Gasteiger partial charge on any atom is -0.371 e. The van der Waals surface area contributed by atoms with E-state index in [2.05, 4.69) is 62.7 Å². The van der Waals surface area contributed by atoms with Gasteiger partial charge in [-0.2, -0.15) is 5.10 Å². The molecular weight excluding hydrogens is 419 g/mol. The van der Waals surface area contributed by atoms with Crippen molar-refractivity contribution in [2.45, 2.75) is 56.4 Å². The zero-order valence-corrected chi connectivity index (χ0v) is 19.4. The largest absolute Gasteiger partial charge is 0.371 e. The lowest BCUT2D eigenvalue weighted by atomic mass is 9.91. The predicted octanol–water partition coefficient (Wildman–Crippen LogP) is 6.31. The summed E-state index contributed by atoms with van der Waals surface area (Å²) in [5.74, 6) is 0.457. The summed E-state index contributed by atoms with van der Waals surface area (Å²) in [6.07, 6.45) is 8.38. The minimum atomic E-state index is -0.0888. The van der Waals surface area contributed by atoms with Crippen molar-refractivity contribution in [3.8, 4) is 0 Å². The third-order valence-corrected chi connectivity index (χ3v) is 8.51. The van der Waals surface area contributed by atoms with E-state index in [1.807, 2.05) is 30.4 Å². The summed E-state index contributed by atoms with van der Waals surface area (Å²) < 4.78 is 17.5. The average molecular weight is 451 g/mol. The summed E-state index contributed by atoms with van der Waals surface area (Å²) in [6.45, 7) is 4.80. The number of aromatic nitrogens is 2. The Hall–Kier alpha value is -2.31. The number of halogens is 1. The fourth-order valence-corrected chi connectivity index (χ4v) is 6.30. The number of anilines is 1. The molecule has 2 atom stereocenters. The molecule has 3 aromatic rings. The molecule has 32 heavy (non-hydrogen) atoms. The number of piperidine rings is 1. The van der Waals surface area contributed by atoms with Crippen molar-refractivity contribution in [1.82, 2.24) is 14.5 Å². The number of benzene rings is 2. The minimum absolute atomic E-state index is 0.0888. The molecule has 0 amide bonds. The first-order chi connectivity index (χ1) is 15.7. The number of hydrogen-bond acceptors (Lipinski definition) is 4. The molecule has 2 aromatic carbocycles. The van der Waals surface area contributed by atoms with Crippen LogP contribution in [0.5, 0.6) is 0 Å². The summed E-state index contributed by atoms with van der Waals surface area (Å²) in [7, 11) is 0. The zero-order chi connectivity index (χ0) is 21.9. The number of nitrogens with zero attached hydrogens (tertiary/aromatic N) is 3. The average Bonchev–Trinajstić information content (AvgIpc) is 3.37. The topological polar surface area (TPSA) is 35.2 Å². The number of H-pyrrole nitrogens is 1. The number of hydrogen-bond donors (Lipinski definition) is 1. The summed E-state index contributed by atoms with van der Waals surface area (Å²) >= 11 is 1.88. The van der Waals surface area contributed by atoms with Gasteiger partial charge in [-0.1, -0.05) is 48.3 Å². The standard InChI is InChI=1S/C26H31FN4S/c1-19-7-10-26(21-5-3-2-4-6-21)32-31(19)18-22-8-9-24(15-25(22)27)30-13-11-20(12-14-30)23-16-28-29-17-23/h2-6,8-9,15-17,19-20,26H,7,10-14,18H2,1H3,(H,28,29)/t19-,26?/m0/s1. The maximum atomic E-state index is 15.1. The van der Waals surface area contributed by atoms with Gasteiger partial charge < -0.3 is 4.90 Å². The van der Waals surface area contributed by atoms with Gasteiger partial charge in [0.05, 0.1) is 6.20 Å². The Kier molecular flexibility index (Phi) is 6.51. The Morgan fingerprint density at radius 3 is 2.56 bits per heavy atom. The molecule has 0 saturated carbocycles. The molecule has 6 heteroatoms. The van der Waals surface area contributed by atoms with Gasteiger partial charge >= 0.3 is 0 Å². The van der Waals surface area contributed by atoms with Crippen LogP contribution in [-0.2, 0) is 6.54 Å². The molecule has 2 saturated heterocycles. The Morgan fingerprint density at radius 1 is 1.03 bits per heavy atom. The second kappa shape index (κ2) is 9.67. The molecule has 0 spiro atoms. The van der Waals surface area contributed by atoms with Crippen molar-refractivity contribution in [2.75, 3.05) is 18.0 Å². The third kappa shape index (κ3) is 4.71. The molecule has 0 bridgehead atoms. The fraction of sp³-hybridized carbons (Fsp3) is 0.423. The van der Waals surface area contributed by atoms with Gasteiger partial charge in [0.15, 0.2) is 0 Å². The molecule has 1 aromatic heterocycles. The monoisotopic (exact) mass is 450 g/mol. The van der Waals surface area contributed by atoms with Crippen LogP contribution in [0.2, 0.25) is 0 Å². The number of aromatic amines is 1. The number of nitrogens with one attached hydrogen (secondary N) is 1. The van der Waals surface area contributed by atoms with Crippen molar-refractivity contribution in [3.63, 3.8) is 0 Å². The third-order valence-electron chi connectivity index (χ3n) is 6.99. The van der Waals surface area contributed by atoms with Crippen molar-refractivity contribution < 1.29 is 4.39 Å². The van der Waals surface area contributed by atoms with Crippen LogP contribution in [0.25, 0.3) is 0 Å². The maximum absolute atomic E-state index is 15.1. The van der Waals surface area contributed by atoms with Crippen molar-refractivity contribution in [2.24, 2.45) is 0 Å². The van der Waals surface area contributed by atoms with Gasteiger partial charge in [-0.15, -0.1) is 0 Å². The highest BCUT2D eigenvalue weighted by atomic mass is 32.2. The SMILES string of the molecule is C[C@H]1CCC(c2ccccc2)SN1Cc1ccc(N2CCC(c3cn[nH]c3)CC2)cc1F. The van der Waals surface area contributed by atoms with E-state index in [1.54, 1.807) is 6.07 Å². The maximum Gasteiger partial charge on any atom is 0.129 e. The lowest BCUT2D eigenvalue weighted by molar-refractivity contribution is 0.317. The van der Waals surface area contributed by atoms with E-state index < -0.39 is 0 Å². The van der Waals surface area contributed by atoms with Crippen LogP contribution in [0.1, 0.15) is 60.5 Å². The molecule has 1 N–H and O–H groups in total. The Morgan fingerprint density at radius 2 is 1.84 bits per heavy atom. The van der Waals surface area contributed by atoms with E-state index >= 15 is 4.39 Å². The number of rotatable bonds is 5. The molecule has 2 fully saturated rings. The predicted molar refractivity (Wildman–Crippen MR) is 130 cm³/mol. The first-order valence-corrected chi connectivity index (χ1v) is 12.5. The van der Waals surface area contributed by atoms with Crippen LogP contribution in [0, 0.1) is 5.82 Å². The second-order valence-electron chi connectivity index (χ2n) is 9.07. The van der Waals surface area contributed by atoms with Gasteiger partial charge in [-0.25, -0.2) is 8.70 Å². The lowest BCUT2D eigenvalue weighted by Gasteiger charge is -2.37. The zero-order valence-electron chi connectivity index (χ0n) is 18.6.